The van der Waals surface area contributed by atoms with Gasteiger partial charge in [0.2, 0.25) is 0 Å². The number of aliphatic carboxylic acids is 1. The maximum absolute atomic E-state index is 13.7. The van der Waals surface area contributed by atoms with Gasteiger partial charge in [-0.1, -0.05) is 37.3 Å². The molecule has 7 heteroatoms. The molecule has 1 amide bonds. The van der Waals surface area contributed by atoms with Crippen molar-refractivity contribution in [3.05, 3.63) is 72.1 Å². The van der Waals surface area contributed by atoms with E-state index in [0.29, 0.717) is 5.69 Å². The van der Waals surface area contributed by atoms with Gasteiger partial charge < -0.3 is 14.9 Å². The number of nitrogens with one attached hydrogen (secondary N) is 1. The molecule has 2 aromatic carbocycles. The number of carbonyl (C=O) groups excluding carboxylic acids is 1. The molecule has 3 N–H and O–H groups in total. The SMILES string of the molecule is C[C@H](/C=C/C(=O)O)[C@H](OC(=O)Nc1ccccc1)c1ccc(O)c(F)c1. The maximum Gasteiger partial charge on any atom is 0.412 e. The van der Waals surface area contributed by atoms with Crippen molar-refractivity contribution in [3.63, 3.8) is 0 Å². The topological polar surface area (TPSA) is 95.9 Å². The van der Waals surface area contributed by atoms with E-state index in [2.05, 4.69) is 5.32 Å². The molecule has 0 heterocycles. The predicted octanol–water partition coefficient (Wildman–Crippen LogP) is 4.10. The van der Waals surface area contributed by atoms with Gasteiger partial charge in [-0.15, -0.1) is 0 Å². The van der Waals surface area contributed by atoms with Crippen LogP contribution >= 0.6 is 0 Å². The minimum Gasteiger partial charge on any atom is -0.505 e. The molecule has 0 saturated heterocycles. The summed E-state index contributed by atoms with van der Waals surface area (Å²) in [7, 11) is 0. The van der Waals surface area contributed by atoms with Crippen molar-refractivity contribution in [1.82, 2.24) is 0 Å². The van der Waals surface area contributed by atoms with Crippen LogP contribution in [-0.2, 0) is 9.53 Å². The monoisotopic (exact) mass is 359 g/mol. The lowest BCUT2D eigenvalue weighted by atomic mass is 9.96. The third-order valence-corrected chi connectivity index (χ3v) is 3.57. The first-order chi connectivity index (χ1) is 12.4. The number of phenols is 1. The highest BCUT2D eigenvalue weighted by molar-refractivity contribution is 5.84. The molecule has 2 aromatic rings. The number of amides is 1. The highest BCUT2D eigenvalue weighted by atomic mass is 19.1. The average molecular weight is 359 g/mol. The third kappa shape index (κ3) is 5.34. The van der Waals surface area contributed by atoms with Crippen molar-refractivity contribution in [2.24, 2.45) is 5.92 Å². The Bertz CT molecular complexity index is 807. The summed E-state index contributed by atoms with van der Waals surface area (Å²) < 4.78 is 19.1. The molecule has 0 bridgehead atoms. The fraction of sp³-hybridized carbons (Fsp3) is 0.158. The van der Waals surface area contributed by atoms with Gasteiger partial charge >= 0.3 is 12.1 Å². The summed E-state index contributed by atoms with van der Waals surface area (Å²) in [5.41, 5.74) is 0.799. The summed E-state index contributed by atoms with van der Waals surface area (Å²) >= 11 is 0. The highest BCUT2D eigenvalue weighted by Gasteiger charge is 2.23. The molecule has 0 aliphatic heterocycles. The minimum atomic E-state index is -1.15. The minimum absolute atomic E-state index is 0.283. The van der Waals surface area contributed by atoms with E-state index in [1.807, 2.05) is 0 Å². The summed E-state index contributed by atoms with van der Waals surface area (Å²) in [4.78, 5) is 22.9. The number of hydrogen-bond donors (Lipinski definition) is 3. The van der Waals surface area contributed by atoms with Gasteiger partial charge in [0, 0.05) is 17.7 Å². The summed E-state index contributed by atoms with van der Waals surface area (Å²) in [6.07, 6.45) is 0.537. The van der Waals surface area contributed by atoms with E-state index in [1.54, 1.807) is 37.3 Å². The van der Waals surface area contributed by atoms with Crippen LogP contribution in [0.5, 0.6) is 5.75 Å². The van der Waals surface area contributed by atoms with Crippen molar-refractivity contribution in [2.45, 2.75) is 13.0 Å². The van der Waals surface area contributed by atoms with E-state index >= 15 is 0 Å². The number of rotatable bonds is 6. The number of halogens is 1. The standard InChI is InChI=1S/C19H18FNO5/c1-12(7-10-17(23)24)18(13-8-9-16(22)15(20)11-13)26-19(25)21-14-5-3-2-4-6-14/h2-12,18,22H,1H3,(H,21,25)(H,23,24)/b10-7+/t12-,18+/m1/s1. The van der Waals surface area contributed by atoms with Crippen molar-refractivity contribution in [3.8, 4) is 5.75 Å². The van der Waals surface area contributed by atoms with Crippen molar-refractivity contribution in [2.75, 3.05) is 5.32 Å². The van der Waals surface area contributed by atoms with Crippen LogP contribution in [-0.4, -0.2) is 22.3 Å². The average Bonchev–Trinajstić information content (AvgIpc) is 2.61. The van der Waals surface area contributed by atoms with Crippen molar-refractivity contribution >= 4 is 17.7 Å². The van der Waals surface area contributed by atoms with Crippen molar-refractivity contribution < 1.29 is 28.9 Å². The number of anilines is 1. The molecule has 2 rings (SSSR count). The van der Waals surface area contributed by atoms with Crippen LogP contribution in [0.3, 0.4) is 0 Å². The molecule has 0 radical (unpaired) electrons. The van der Waals surface area contributed by atoms with Crippen molar-refractivity contribution in [1.29, 1.82) is 0 Å². The highest BCUT2D eigenvalue weighted by Crippen LogP contribution is 2.30. The smallest absolute Gasteiger partial charge is 0.412 e. The second kappa shape index (κ2) is 8.66. The van der Waals surface area contributed by atoms with Gasteiger partial charge in [0.1, 0.15) is 6.10 Å². The maximum atomic E-state index is 13.7. The largest absolute Gasteiger partial charge is 0.505 e. The van der Waals surface area contributed by atoms with E-state index in [0.717, 1.165) is 18.2 Å². The number of carboxylic acid groups (broad SMARTS) is 1. The van der Waals surface area contributed by atoms with Gasteiger partial charge in [0.15, 0.2) is 11.6 Å². The van der Waals surface area contributed by atoms with Crippen LogP contribution < -0.4 is 5.32 Å². The number of ether oxygens (including phenoxy) is 1. The zero-order valence-electron chi connectivity index (χ0n) is 13.9. The molecule has 136 valence electrons. The molecule has 0 aromatic heterocycles. The molecule has 26 heavy (non-hydrogen) atoms. The van der Waals surface area contributed by atoms with Crippen LogP contribution in [0.15, 0.2) is 60.7 Å². The molecule has 0 spiro atoms. The number of para-hydroxylation sites is 1. The van der Waals surface area contributed by atoms with Crippen LogP contribution in [0.1, 0.15) is 18.6 Å². The van der Waals surface area contributed by atoms with E-state index in [4.69, 9.17) is 9.84 Å². The molecule has 2 atom stereocenters. The Morgan fingerprint density at radius 2 is 1.88 bits per heavy atom. The fourth-order valence-electron chi connectivity index (χ4n) is 2.30. The molecule has 0 aliphatic carbocycles. The van der Waals surface area contributed by atoms with E-state index in [-0.39, 0.29) is 5.56 Å². The lowest BCUT2D eigenvalue weighted by molar-refractivity contribution is -0.131. The normalized spacial score (nSPS) is 13.2. The first-order valence-corrected chi connectivity index (χ1v) is 7.79. The predicted molar refractivity (Wildman–Crippen MR) is 93.3 cm³/mol. The second-order valence-electron chi connectivity index (χ2n) is 5.58. The third-order valence-electron chi connectivity index (χ3n) is 3.57. The summed E-state index contributed by atoms with van der Waals surface area (Å²) in [6, 6.07) is 12.2. The second-order valence-corrected chi connectivity index (χ2v) is 5.58. The lowest BCUT2D eigenvalue weighted by Gasteiger charge is -2.23. The van der Waals surface area contributed by atoms with Gasteiger partial charge in [-0.25, -0.2) is 14.0 Å². The van der Waals surface area contributed by atoms with E-state index in [9.17, 15) is 19.1 Å². The van der Waals surface area contributed by atoms with Gasteiger partial charge in [-0.2, -0.15) is 0 Å². The zero-order valence-corrected chi connectivity index (χ0v) is 13.9. The Morgan fingerprint density at radius 1 is 1.19 bits per heavy atom. The van der Waals surface area contributed by atoms with E-state index in [1.165, 1.54) is 12.1 Å². The zero-order chi connectivity index (χ0) is 19.1. The number of carboxylic acids is 1. The Hall–Kier alpha value is -3.35. The molecular weight excluding hydrogens is 341 g/mol. The summed E-state index contributed by atoms with van der Waals surface area (Å²) in [5.74, 6) is -3.11. The fourth-order valence-corrected chi connectivity index (χ4v) is 2.30. The number of hydrogen-bond acceptors (Lipinski definition) is 4. The molecule has 0 saturated carbocycles. The number of phenolic OH excluding ortho intramolecular Hbond substituents is 1. The molecular formula is C19H18FNO5. The van der Waals surface area contributed by atoms with Gasteiger partial charge in [0.25, 0.3) is 0 Å². The van der Waals surface area contributed by atoms with Crippen LogP contribution in [0.4, 0.5) is 14.9 Å². The summed E-state index contributed by atoms with van der Waals surface area (Å²) in [6.45, 7) is 1.63. The number of benzene rings is 2. The van der Waals surface area contributed by atoms with Gasteiger partial charge in [0.05, 0.1) is 0 Å². The Balaban J connectivity index is 2.23. The van der Waals surface area contributed by atoms with Gasteiger partial charge in [-0.3, -0.25) is 5.32 Å². The number of aromatic hydroxyl groups is 1. The van der Waals surface area contributed by atoms with Gasteiger partial charge in [-0.05, 0) is 29.8 Å². The number of carbonyl (C=O) groups is 2. The quantitative estimate of drug-likeness (QED) is 0.675. The first kappa shape index (κ1) is 19.0. The Kier molecular flexibility index (Phi) is 6.32. The molecule has 0 fully saturated rings. The molecule has 0 unspecified atom stereocenters. The lowest BCUT2D eigenvalue weighted by Crippen LogP contribution is -2.21. The Morgan fingerprint density at radius 3 is 2.50 bits per heavy atom. The van der Waals surface area contributed by atoms with Crippen LogP contribution in [0.25, 0.3) is 0 Å². The van der Waals surface area contributed by atoms with Crippen LogP contribution in [0.2, 0.25) is 0 Å². The van der Waals surface area contributed by atoms with E-state index < -0.39 is 35.7 Å². The van der Waals surface area contributed by atoms with Crippen LogP contribution in [0, 0.1) is 11.7 Å². The summed E-state index contributed by atoms with van der Waals surface area (Å²) in [5, 5.41) is 20.6. The first-order valence-electron chi connectivity index (χ1n) is 7.79. The Labute approximate surface area is 149 Å². The molecule has 0 aliphatic rings. The molecule has 6 nitrogen and oxygen atoms in total.